The van der Waals surface area contributed by atoms with Crippen molar-refractivity contribution < 1.29 is 9.53 Å². The van der Waals surface area contributed by atoms with Crippen LogP contribution < -0.4 is 15.8 Å². The number of hydrogen-bond donors (Lipinski definition) is 2. The van der Waals surface area contributed by atoms with Crippen LogP contribution in [0.25, 0.3) is 0 Å². The second-order valence-electron chi connectivity index (χ2n) is 4.62. The molecule has 0 saturated heterocycles. The molecular formula is C13H19N3O2. The minimum Gasteiger partial charge on any atom is -0.491 e. The predicted molar refractivity (Wildman–Crippen MR) is 68.1 cm³/mol. The summed E-state index contributed by atoms with van der Waals surface area (Å²) in [6.45, 7) is 2.96. The van der Waals surface area contributed by atoms with E-state index in [9.17, 15) is 4.79 Å². The predicted octanol–water partition coefficient (Wildman–Crippen LogP) is 0.896. The van der Waals surface area contributed by atoms with E-state index in [0.717, 1.165) is 17.1 Å². The molecule has 0 aliphatic heterocycles. The van der Waals surface area contributed by atoms with E-state index >= 15 is 0 Å². The maximum Gasteiger partial charge on any atom is 0.220 e. The Balaban J connectivity index is 1.94. The summed E-state index contributed by atoms with van der Waals surface area (Å²) in [4.78, 5) is 15.1. The fourth-order valence-electron chi connectivity index (χ4n) is 1.65. The Kier molecular flexibility index (Phi) is 4.15. The largest absolute Gasteiger partial charge is 0.491 e. The summed E-state index contributed by atoms with van der Waals surface area (Å²) < 4.78 is 5.55. The van der Waals surface area contributed by atoms with Crippen LogP contribution in [-0.4, -0.2) is 23.5 Å². The molecular weight excluding hydrogens is 230 g/mol. The molecule has 0 aromatic carbocycles. The molecule has 18 heavy (non-hydrogen) atoms. The van der Waals surface area contributed by atoms with Crippen molar-refractivity contribution in [3.05, 3.63) is 23.5 Å². The molecule has 1 heterocycles. The lowest BCUT2D eigenvalue weighted by Crippen LogP contribution is -2.18. The molecule has 3 N–H and O–H groups in total. The second-order valence-corrected chi connectivity index (χ2v) is 4.62. The molecule has 5 nitrogen and oxygen atoms in total. The minimum absolute atomic E-state index is 0.226. The van der Waals surface area contributed by atoms with Crippen molar-refractivity contribution in [1.82, 2.24) is 10.3 Å². The molecule has 1 aromatic heterocycles. The van der Waals surface area contributed by atoms with Gasteiger partial charge in [0.05, 0.1) is 18.7 Å². The van der Waals surface area contributed by atoms with E-state index in [2.05, 4.69) is 10.3 Å². The summed E-state index contributed by atoms with van der Waals surface area (Å²) in [6, 6.07) is 4.43. The number of ether oxygens (including phenoxy) is 1. The van der Waals surface area contributed by atoms with E-state index in [-0.39, 0.29) is 12.3 Å². The molecule has 0 unspecified atom stereocenters. The van der Waals surface area contributed by atoms with Gasteiger partial charge in [-0.25, -0.2) is 0 Å². The molecule has 1 fully saturated rings. The van der Waals surface area contributed by atoms with Gasteiger partial charge >= 0.3 is 0 Å². The lowest BCUT2D eigenvalue weighted by atomic mass is 10.2. The van der Waals surface area contributed by atoms with Gasteiger partial charge in [-0.05, 0) is 31.9 Å². The quantitative estimate of drug-likeness (QED) is 0.752. The van der Waals surface area contributed by atoms with Crippen molar-refractivity contribution in [2.75, 3.05) is 6.61 Å². The molecule has 0 atom stereocenters. The van der Waals surface area contributed by atoms with Crippen molar-refractivity contribution >= 4 is 5.91 Å². The highest BCUT2D eigenvalue weighted by Crippen LogP contribution is 2.22. The number of pyridine rings is 1. The number of nitrogens with one attached hydrogen (secondary N) is 1. The van der Waals surface area contributed by atoms with Crippen LogP contribution in [-0.2, 0) is 11.3 Å². The minimum atomic E-state index is -0.354. The maximum absolute atomic E-state index is 10.7. The van der Waals surface area contributed by atoms with Crippen LogP contribution in [0, 0.1) is 6.92 Å². The monoisotopic (exact) mass is 249 g/mol. The molecule has 2 rings (SSSR count). The molecule has 1 amide bonds. The van der Waals surface area contributed by atoms with E-state index in [1.54, 1.807) is 0 Å². The number of carbonyl (C=O) groups excluding carboxylic acids is 1. The van der Waals surface area contributed by atoms with Crippen LogP contribution in [0.15, 0.2) is 12.1 Å². The average molecular weight is 249 g/mol. The van der Waals surface area contributed by atoms with E-state index < -0.39 is 0 Å². The first-order valence-electron chi connectivity index (χ1n) is 6.26. The topological polar surface area (TPSA) is 77.2 Å². The fraction of sp³-hybridized carbons (Fsp3) is 0.538. The smallest absolute Gasteiger partial charge is 0.220 e. The number of hydrogen-bond acceptors (Lipinski definition) is 4. The van der Waals surface area contributed by atoms with Gasteiger partial charge < -0.3 is 15.8 Å². The number of nitrogens with two attached hydrogens (primary N) is 1. The molecule has 98 valence electrons. The van der Waals surface area contributed by atoms with Crippen LogP contribution in [0.1, 0.15) is 30.7 Å². The highest BCUT2D eigenvalue weighted by molar-refractivity contribution is 5.73. The summed E-state index contributed by atoms with van der Waals surface area (Å²) >= 11 is 0. The van der Waals surface area contributed by atoms with Crippen LogP contribution >= 0.6 is 0 Å². The van der Waals surface area contributed by atoms with Gasteiger partial charge in [0.15, 0.2) is 0 Å². The Bertz CT molecular complexity index is 430. The molecule has 1 aliphatic rings. The van der Waals surface area contributed by atoms with Crippen LogP contribution in [0.4, 0.5) is 0 Å². The van der Waals surface area contributed by atoms with Crippen LogP contribution in [0.5, 0.6) is 5.75 Å². The fourth-order valence-corrected chi connectivity index (χ4v) is 1.65. The molecule has 0 radical (unpaired) electrons. The van der Waals surface area contributed by atoms with Crippen molar-refractivity contribution in [1.29, 1.82) is 0 Å². The van der Waals surface area contributed by atoms with Crippen molar-refractivity contribution in [3.63, 3.8) is 0 Å². The Morgan fingerprint density at radius 3 is 3.00 bits per heavy atom. The Hall–Kier alpha value is -1.62. The lowest BCUT2D eigenvalue weighted by Gasteiger charge is -2.11. The van der Waals surface area contributed by atoms with Gasteiger partial charge in [0.2, 0.25) is 5.91 Å². The molecule has 0 bridgehead atoms. The van der Waals surface area contributed by atoms with Crippen molar-refractivity contribution in [3.8, 4) is 5.75 Å². The highest BCUT2D eigenvalue weighted by atomic mass is 16.5. The summed E-state index contributed by atoms with van der Waals surface area (Å²) in [7, 11) is 0. The molecule has 5 heteroatoms. The third-order valence-electron chi connectivity index (χ3n) is 2.81. The van der Waals surface area contributed by atoms with Crippen molar-refractivity contribution in [2.45, 2.75) is 38.8 Å². The zero-order chi connectivity index (χ0) is 13.0. The first-order valence-corrected chi connectivity index (χ1v) is 6.26. The lowest BCUT2D eigenvalue weighted by molar-refractivity contribution is -0.118. The van der Waals surface area contributed by atoms with Gasteiger partial charge in [0.25, 0.3) is 0 Å². The number of aryl methyl sites for hydroxylation is 1. The first kappa shape index (κ1) is 12.8. The average Bonchev–Trinajstić information content (AvgIpc) is 3.12. The number of carbonyl (C=O) groups is 1. The zero-order valence-electron chi connectivity index (χ0n) is 10.6. The molecule has 1 aromatic rings. The van der Waals surface area contributed by atoms with Gasteiger partial charge in [-0.3, -0.25) is 9.78 Å². The molecule has 1 aliphatic carbocycles. The van der Waals surface area contributed by atoms with E-state index in [4.69, 9.17) is 10.5 Å². The summed E-state index contributed by atoms with van der Waals surface area (Å²) in [5, 5.41) is 3.41. The zero-order valence-corrected chi connectivity index (χ0v) is 10.6. The number of amides is 1. The summed E-state index contributed by atoms with van der Waals surface area (Å²) in [5.74, 6) is 0.378. The Morgan fingerprint density at radius 2 is 2.33 bits per heavy atom. The number of primary amides is 1. The molecule has 0 spiro atoms. The van der Waals surface area contributed by atoms with E-state index in [1.165, 1.54) is 12.8 Å². The standard InChI is InChI=1S/C13H19N3O2/c1-9-2-5-12(18-7-6-13(14)17)11(16-9)8-15-10-3-4-10/h2,5,10,15H,3-4,6-8H2,1H3,(H2,14,17). The number of rotatable bonds is 7. The SMILES string of the molecule is Cc1ccc(OCCC(N)=O)c(CNC2CC2)n1. The Morgan fingerprint density at radius 1 is 1.56 bits per heavy atom. The highest BCUT2D eigenvalue weighted by Gasteiger charge is 2.21. The van der Waals surface area contributed by atoms with Crippen molar-refractivity contribution in [2.24, 2.45) is 5.73 Å². The van der Waals surface area contributed by atoms with Crippen LogP contribution in [0.3, 0.4) is 0 Å². The molecule has 1 saturated carbocycles. The van der Waals surface area contributed by atoms with Gasteiger partial charge in [-0.1, -0.05) is 0 Å². The summed E-state index contributed by atoms with van der Waals surface area (Å²) in [6.07, 6.45) is 2.71. The third kappa shape index (κ3) is 4.00. The van der Waals surface area contributed by atoms with Gasteiger partial charge in [0, 0.05) is 18.3 Å². The maximum atomic E-state index is 10.7. The summed E-state index contributed by atoms with van der Waals surface area (Å²) in [5.41, 5.74) is 6.94. The van der Waals surface area contributed by atoms with E-state index in [1.807, 2.05) is 19.1 Å². The normalized spacial score (nSPS) is 14.5. The van der Waals surface area contributed by atoms with E-state index in [0.29, 0.717) is 19.2 Å². The number of aromatic nitrogens is 1. The number of nitrogens with zero attached hydrogens (tertiary/aromatic N) is 1. The first-order chi connectivity index (χ1) is 8.65. The van der Waals surface area contributed by atoms with Gasteiger partial charge in [-0.2, -0.15) is 0 Å². The van der Waals surface area contributed by atoms with Gasteiger partial charge in [-0.15, -0.1) is 0 Å². The third-order valence-corrected chi connectivity index (χ3v) is 2.81. The van der Waals surface area contributed by atoms with Gasteiger partial charge in [0.1, 0.15) is 5.75 Å². The van der Waals surface area contributed by atoms with Crippen LogP contribution in [0.2, 0.25) is 0 Å². The Labute approximate surface area is 107 Å². The second kappa shape index (κ2) is 5.82.